The van der Waals surface area contributed by atoms with Crippen LogP contribution in [-0.4, -0.2) is 11.7 Å². The monoisotopic (exact) mass is 346 g/mol. The lowest BCUT2D eigenvalue weighted by molar-refractivity contribution is -0.0497. The van der Waals surface area contributed by atoms with Crippen LogP contribution in [0.1, 0.15) is 0 Å². The maximum absolute atomic E-state index is 13.0. The third kappa shape index (κ3) is 4.78. The van der Waals surface area contributed by atoms with Crippen molar-refractivity contribution in [3.8, 4) is 5.75 Å². The van der Waals surface area contributed by atoms with Gasteiger partial charge < -0.3 is 15.4 Å². The number of halogens is 4. The fourth-order valence-electron chi connectivity index (χ4n) is 1.63. The molecule has 8 heteroatoms. The fourth-order valence-corrected chi connectivity index (χ4v) is 2.09. The van der Waals surface area contributed by atoms with Crippen LogP contribution in [0.3, 0.4) is 0 Å². The van der Waals surface area contributed by atoms with E-state index in [0.717, 1.165) is 0 Å². The maximum Gasteiger partial charge on any atom is 0.387 e. The van der Waals surface area contributed by atoms with Gasteiger partial charge in [-0.05, 0) is 48.6 Å². The SMILES string of the molecule is Fc1cccc(NC(=S)Nc2ccc(OC(F)F)c(Cl)c2)c1. The highest BCUT2D eigenvalue weighted by Crippen LogP contribution is 2.29. The molecule has 2 N–H and O–H groups in total. The summed E-state index contributed by atoms with van der Waals surface area (Å²) < 4.78 is 41.5. The number of alkyl halides is 2. The Morgan fingerprint density at radius 1 is 1.09 bits per heavy atom. The van der Waals surface area contributed by atoms with Crippen molar-refractivity contribution < 1.29 is 17.9 Å². The largest absolute Gasteiger partial charge is 0.433 e. The Morgan fingerprint density at radius 3 is 2.36 bits per heavy atom. The lowest BCUT2D eigenvalue weighted by atomic mass is 10.3. The minimum atomic E-state index is -2.95. The van der Waals surface area contributed by atoms with E-state index in [2.05, 4.69) is 15.4 Å². The normalized spacial score (nSPS) is 10.4. The lowest BCUT2D eigenvalue weighted by Crippen LogP contribution is -2.19. The Hall–Kier alpha value is -1.99. The fraction of sp³-hybridized carbons (Fsp3) is 0.0714. The van der Waals surface area contributed by atoms with Crippen LogP contribution in [0.2, 0.25) is 5.02 Å². The van der Waals surface area contributed by atoms with Crippen molar-refractivity contribution in [2.75, 3.05) is 10.6 Å². The minimum Gasteiger partial charge on any atom is -0.433 e. The standard InChI is InChI=1S/C14H10ClF3N2OS/c15-11-7-10(4-5-12(11)21-13(17)18)20-14(22)19-9-3-1-2-8(16)6-9/h1-7,13H,(H2,19,20,22). The third-order valence-corrected chi connectivity index (χ3v) is 2.99. The predicted octanol–water partition coefficient (Wildman–Crippen LogP) is 4.89. The predicted molar refractivity (Wildman–Crippen MR) is 84.3 cm³/mol. The van der Waals surface area contributed by atoms with Crippen molar-refractivity contribution in [3.05, 3.63) is 53.3 Å². The molecule has 2 rings (SSSR count). The zero-order valence-electron chi connectivity index (χ0n) is 10.9. The van der Waals surface area contributed by atoms with Gasteiger partial charge >= 0.3 is 6.61 Å². The summed E-state index contributed by atoms with van der Waals surface area (Å²) in [5, 5.41) is 5.80. The first-order chi connectivity index (χ1) is 10.4. The molecular formula is C14H10ClF3N2OS. The van der Waals surface area contributed by atoms with Gasteiger partial charge in [0.25, 0.3) is 0 Å². The summed E-state index contributed by atoms with van der Waals surface area (Å²) in [7, 11) is 0. The molecule has 0 bridgehead atoms. The van der Waals surface area contributed by atoms with Gasteiger partial charge in [-0.1, -0.05) is 17.7 Å². The molecule has 2 aromatic rings. The van der Waals surface area contributed by atoms with Crippen LogP contribution in [0.5, 0.6) is 5.75 Å². The molecule has 0 saturated heterocycles. The molecule has 0 fully saturated rings. The topological polar surface area (TPSA) is 33.3 Å². The highest BCUT2D eigenvalue weighted by Gasteiger charge is 2.09. The van der Waals surface area contributed by atoms with Gasteiger partial charge in [0.1, 0.15) is 11.6 Å². The van der Waals surface area contributed by atoms with Crippen molar-refractivity contribution in [3.63, 3.8) is 0 Å². The van der Waals surface area contributed by atoms with Crippen LogP contribution in [0.25, 0.3) is 0 Å². The quantitative estimate of drug-likeness (QED) is 0.772. The smallest absolute Gasteiger partial charge is 0.387 e. The zero-order valence-corrected chi connectivity index (χ0v) is 12.5. The molecular weight excluding hydrogens is 337 g/mol. The van der Waals surface area contributed by atoms with Crippen LogP contribution in [0, 0.1) is 5.82 Å². The number of rotatable bonds is 4. The van der Waals surface area contributed by atoms with Gasteiger partial charge in [-0.25, -0.2) is 4.39 Å². The highest BCUT2D eigenvalue weighted by molar-refractivity contribution is 7.80. The second-order valence-corrected chi connectivity index (χ2v) is 4.93. The first-order valence-electron chi connectivity index (χ1n) is 6.02. The van der Waals surface area contributed by atoms with Gasteiger partial charge in [0, 0.05) is 11.4 Å². The Morgan fingerprint density at radius 2 is 1.77 bits per heavy atom. The average Bonchev–Trinajstić information content (AvgIpc) is 2.41. The minimum absolute atomic E-state index is 0.0128. The summed E-state index contributed by atoms with van der Waals surface area (Å²) in [5.41, 5.74) is 0.946. The first-order valence-corrected chi connectivity index (χ1v) is 6.80. The zero-order chi connectivity index (χ0) is 16.1. The molecule has 0 aromatic heterocycles. The summed E-state index contributed by atoms with van der Waals surface area (Å²) in [4.78, 5) is 0. The van der Waals surface area contributed by atoms with Crippen LogP contribution in [0.15, 0.2) is 42.5 Å². The van der Waals surface area contributed by atoms with Gasteiger partial charge in [-0.2, -0.15) is 8.78 Å². The summed E-state index contributed by atoms with van der Waals surface area (Å²) in [6.07, 6.45) is 0. The van der Waals surface area contributed by atoms with Crippen LogP contribution in [-0.2, 0) is 0 Å². The molecule has 0 aliphatic carbocycles. The molecule has 2 aromatic carbocycles. The van der Waals surface area contributed by atoms with E-state index >= 15 is 0 Å². The summed E-state index contributed by atoms with van der Waals surface area (Å²) >= 11 is 10.9. The summed E-state index contributed by atoms with van der Waals surface area (Å²) in [5.74, 6) is -0.532. The molecule has 0 spiro atoms. The van der Waals surface area contributed by atoms with E-state index < -0.39 is 12.4 Å². The molecule has 22 heavy (non-hydrogen) atoms. The Kier molecular flexibility index (Phi) is 5.46. The van der Waals surface area contributed by atoms with Crippen molar-refractivity contribution >= 4 is 40.3 Å². The third-order valence-electron chi connectivity index (χ3n) is 2.49. The first kappa shape index (κ1) is 16.4. The van der Waals surface area contributed by atoms with Crippen molar-refractivity contribution in [1.82, 2.24) is 0 Å². The number of hydrogen-bond donors (Lipinski definition) is 2. The van der Waals surface area contributed by atoms with Crippen LogP contribution < -0.4 is 15.4 Å². The molecule has 0 aliphatic heterocycles. The lowest BCUT2D eigenvalue weighted by Gasteiger charge is -2.12. The molecule has 0 aliphatic rings. The van der Waals surface area contributed by atoms with Crippen LogP contribution in [0.4, 0.5) is 24.5 Å². The van der Waals surface area contributed by atoms with E-state index in [1.807, 2.05) is 0 Å². The van der Waals surface area contributed by atoms with Gasteiger partial charge in [-0.3, -0.25) is 0 Å². The maximum atomic E-state index is 13.0. The Labute approximate surface area is 135 Å². The van der Waals surface area contributed by atoms with E-state index in [0.29, 0.717) is 11.4 Å². The molecule has 116 valence electrons. The number of ether oxygens (including phenoxy) is 1. The Balaban J connectivity index is 2.01. The van der Waals surface area contributed by atoms with Gasteiger partial charge in [0.05, 0.1) is 5.02 Å². The van der Waals surface area contributed by atoms with Gasteiger partial charge in [0.2, 0.25) is 0 Å². The number of anilines is 2. The van der Waals surface area contributed by atoms with E-state index in [1.165, 1.54) is 36.4 Å². The van der Waals surface area contributed by atoms with Gasteiger partial charge in [-0.15, -0.1) is 0 Å². The van der Waals surface area contributed by atoms with Crippen molar-refractivity contribution in [1.29, 1.82) is 0 Å². The molecule has 0 heterocycles. The Bertz CT molecular complexity index is 685. The molecule has 3 nitrogen and oxygen atoms in total. The highest BCUT2D eigenvalue weighted by atomic mass is 35.5. The molecule has 0 amide bonds. The summed E-state index contributed by atoms with van der Waals surface area (Å²) in [6, 6.07) is 9.92. The van der Waals surface area contributed by atoms with E-state index in [1.54, 1.807) is 6.07 Å². The summed E-state index contributed by atoms with van der Waals surface area (Å²) in [6.45, 7) is -2.95. The van der Waals surface area contributed by atoms with E-state index in [-0.39, 0.29) is 15.9 Å². The second kappa shape index (κ2) is 7.33. The second-order valence-electron chi connectivity index (χ2n) is 4.11. The van der Waals surface area contributed by atoms with E-state index in [4.69, 9.17) is 23.8 Å². The number of thiocarbonyl (C=S) groups is 1. The molecule has 0 saturated carbocycles. The molecule has 0 radical (unpaired) electrons. The van der Waals surface area contributed by atoms with Crippen molar-refractivity contribution in [2.24, 2.45) is 0 Å². The number of nitrogens with one attached hydrogen (secondary N) is 2. The molecule has 0 unspecified atom stereocenters. The van der Waals surface area contributed by atoms with Gasteiger partial charge in [0.15, 0.2) is 5.11 Å². The average molecular weight is 347 g/mol. The van der Waals surface area contributed by atoms with Crippen molar-refractivity contribution in [2.45, 2.75) is 6.61 Å². The number of benzene rings is 2. The van der Waals surface area contributed by atoms with E-state index in [9.17, 15) is 13.2 Å². The number of hydrogen-bond acceptors (Lipinski definition) is 2. The van der Waals surface area contributed by atoms with Crippen LogP contribution >= 0.6 is 23.8 Å². The molecule has 0 atom stereocenters.